The molecule has 1 aromatic heterocycles. The molecule has 1 saturated heterocycles. The number of ether oxygens (including phenoxy) is 1. The van der Waals surface area contributed by atoms with E-state index in [1.165, 1.54) is 4.31 Å². The van der Waals surface area contributed by atoms with Gasteiger partial charge >= 0.3 is 11.8 Å². The van der Waals surface area contributed by atoms with Gasteiger partial charge in [-0.2, -0.15) is 4.31 Å². The summed E-state index contributed by atoms with van der Waals surface area (Å²) in [6.45, 7) is 5.82. The molecule has 2 aromatic rings. The van der Waals surface area contributed by atoms with Crippen LogP contribution in [-0.4, -0.2) is 55.4 Å². The summed E-state index contributed by atoms with van der Waals surface area (Å²) in [6, 6.07) is 7.14. The van der Waals surface area contributed by atoms with Gasteiger partial charge in [0.1, 0.15) is 6.23 Å². The first-order chi connectivity index (χ1) is 14.7. The normalized spacial score (nSPS) is 16.8. The Bertz CT molecular complexity index is 1050. The average molecular weight is 447 g/mol. The summed E-state index contributed by atoms with van der Waals surface area (Å²) in [6.07, 6.45) is 2.31. The van der Waals surface area contributed by atoms with Crippen LogP contribution in [0.1, 0.15) is 22.3 Å². The Hall–Kier alpha value is -2.82. The lowest BCUT2D eigenvalue weighted by Gasteiger charge is -2.24. The molecule has 31 heavy (non-hydrogen) atoms. The second-order valence-corrected chi connectivity index (χ2v) is 9.25. The smallest absolute Gasteiger partial charge is 0.309 e. The monoisotopic (exact) mass is 446 g/mol. The van der Waals surface area contributed by atoms with E-state index in [4.69, 9.17) is 4.74 Å². The number of carbonyl (C=O) groups excluding carboxylic acids is 2. The molecule has 2 amide bonds. The molecule has 1 aliphatic rings. The number of hydrogen-bond acceptors (Lipinski definition) is 6. The molecule has 166 valence electrons. The molecule has 1 aliphatic heterocycles. The number of rotatable bonds is 6. The molecule has 1 fully saturated rings. The summed E-state index contributed by atoms with van der Waals surface area (Å²) >= 11 is 0. The fraction of sp³-hybridized carbons (Fsp3) is 0.381. The third-order valence-corrected chi connectivity index (χ3v) is 7.13. The largest absolute Gasteiger partial charge is 0.359 e. The zero-order chi connectivity index (χ0) is 22.6. The highest BCUT2D eigenvalue weighted by atomic mass is 32.2. The summed E-state index contributed by atoms with van der Waals surface area (Å²) in [5.41, 5.74) is 3.04. The minimum absolute atomic E-state index is 0.137. The zero-order valence-corrected chi connectivity index (χ0v) is 18.5. The molecule has 9 nitrogen and oxygen atoms in total. The minimum Gasteiger partial charge on any atom is -0.359 e. The van der Waals surface area contributed by atoms with Crippen LogP contribution in [0.3, 0.4) is 0 Å². The van der Waals surface area contributed by atoms with Gasteiger partial charge in [-0.05, 0) is 43.5 Å². The summed E-state index contributed by atoms with van der Waals surface area (Å²) in [7, 11) is -3.83. The molecule has 2 heterocycles. The van der Waals surface area contributed by atoms with Crippen LogP contribution >= 0.6 is 0 Å². The van der Waals surface area contributed by atoms with Gasteiger partial charge in [-0.25, -0.2) is 8.42 Å². The van der Waals surface area contributed by atoms with E-state index in [0.29, 0.717) is 11.1 Å². The lowest BCUT2D eigenvalue weighted by Crippen LogP contribution is -2.47. The lowest BCUT2D eigenvalue weighted by atomic mass is 10.1. The molecule has 10 heteroatoms. The summed E-state index contributed by atoms with van der Waals surface area (Å²) < 4.78 is 33.3. The van der Waals surface area contributed by atoms with Gasteiger partial charge in [0.05, 0.1) is 18.0 Å². The molecular weight excluding hydrogens is 420 g/mol. The Morgan fingerprint density at radius 3 is 2.48 bits per heavy atom. The van der Waals surface area contributed by atoms with E-state index in [1.807, 2.05) is 19.1 Å². The van der Waals surface area contributed by atoms with Crippen molar-refractivity contribution in [2.45, 2.75) is 38.4 Å². The first-order valence-electron chi connectivity index (χ1n) is 9.86. The fourth-order valence-electron chi connectivity index (χ4n) is 3.66. The Labute approximate surface area is 181 Å². The van der Waals surface area contributed by atoms with E-state index in [-0.39, 0.29) is 31.1 Å². The predicted octanol–water partition coefficient (Wildman–Crippen LogP) is 0.786. The van der Waals surface area contributed by atoms with E-state index < -0.39 is 28.1 Å². The van der Waals surface area contributed by atoms with Crippen molar-refractivity contribution in [1.82, 2.24) is 19.9 Å². The topological polar surface area (TPSA) is 118 Å². The molecular formula is C21H26N4O5S. The van der Waals surface area contributed by atoms with Crippen LogP contribution in [0.15, 0.2) is 41.6 Å². The van der Waals surface area contributed by atoms with Crippen molar-refractivity contribution in [2.75, 3.05) is 19.7 Å². The number of hydrogen-bond donors (Lipinski definition) is 2. The van der Waals surface area contributed by atoms with Crippen molar-refractivity contribution >= 4 is 21.8 Å². The van der Waals surface area contributed by atoms with Gasteiger partial charge < -0.3 is 15.4 Å². The Kier molecular flexibility index (Phi) is 7.04. The highest BCUT2D eigenvalue weighted by Gasteiger charge is 2.38. The maximum atomic E-state index is 13.3. The van der Waals surface area contributed by atoms with E-state index in [1.54, 1.807) is 38.4 Å². The van der Waals surface area contributed by atoms with E-state index in [2.05, 4.69) is 15.6 Å². The first kappa shape index (κ1) is 22.9. The average Bonchev–Trinajstić information content (AvgIpc) is 3.19. The summed E-state index contributed by atoms with van der Waals surface area (Å²) in [5.74, 6) is -1.68. The molecule has 0 bridgehead atoms. The maximum Gasteiger partial charge on any atom is 0.309 e. The van der Waals surface area contributed by atoms with Crippen LogP contribution in [0.25, 0.3) is 0 Å². The van der Waals surface area contributed by atoms with Crippen LogP contribution in [0.2, 0.25) is 0 Å². The van der Waals surface area contributed by atoms with Gasteiger partial charge in [-0.1, -0.05) is 23.8 Å². The van der Waals surface area contributed by atoms with Crippen molar-refractivity contribution in [2.24, 2.45) is 0 Å². The third-order valence-electron chi connectivity index (χ3n) is 4.93. The number of carbonyl (C=O) groups is 2. The number of benzene rings is 1. The van der Waals surface area contributed by atoms with Crippen molar-refractivity contribution in [1.29, 1.82) is 0 Å². The van der Waals surface area contributed by atoms with Gasteiger partial charge in [0.2, 0.25) is 10.0 Å². The Balaban J connectivity index is 1.63. The fourth-order valence-corrected chi connectivity index (χ4v) is 5.58. The molecule has 1 aromatic carbocycles. The van der Waals surface area contributed by atoms with Crippen molar-refractivity contribution in [3.8, 4) is 0 Å². The maximum absolute atomic E-state index is 13.3. The van der Waals surface area contributed by atoms with E-state index >= 15 is 0 Å². The van der Waals surface area contributed by atoms with Gasteiger partial charge in [-0.3, -0.25) is 14.6 Å². The number of nitrogens with one attached hydrogen (secondary N) is 2. The molecule has 1 atom stereocenters. The standard InChI is InChI=1S/C21H26N4O5S/c1-14-9-15(2)19(16(3)10-14)31(28,29)25-7-8-30-18(25)13-24-21(27)20(26)23-12-17-5-4-6-22-11-17/h4-6,9-11,18H,7-8,12-13H2,1-3H3,(H,23,26)(H,24,27). The van der Waals surface area contributed by atoms with Crippen molar-refractivity contribution in [3.63, 3.8) is 0 Å². The van der Waals surface area contributed by atoms with Crippen LogP contribution in [-0.2, 0) is 30.9 Å². The van der Waals surface area contributed by atoms with E-state index in [9.17, 15) is 18.0 Å². The second kappa shape index (κ2) is 9.54. The second-order valence-electron chi connectivity index (χ2n) is 7.42. The molecule has 0 spiro atoms. The third kappa shape index (κ3) is 5.27. The minimum atomic E-state index is -3.83. The van der Waals surface area contributed by atoms with Crippen LogP contribution < -0.4 is 10.6 Å². The van der Waals surface area contributed by atoms with Gasteiger partial charge in [0.25, 0.3) is 0 Å². The SMILES string of the molecule is Cc1cc(C)c(S(=O)(=O)N2CCOC2CNC(=O)C(=O)NCc2cccnc2)c(C)c1. The van der Waals surface area contributed by atoms with Crippen molar-refractivity contribution < 1.29 is 22.7 Å². The van der Waals surface area contributed by atoms with Gasteiger partial charge in [-0.15, -0.1) is 0 Å². The van der Waals surface area contributed by atoms with Crippen LogP contribution in [0.5, 0.6) is 0 Å². The number of pyridine rings is 1. The van der Waals surface area contributed by atoms with Gasteiger partial charge in [0.15, 0.2) is 0 Å². The number of aryl methyl sites for hydroxylation is 3. The zero-order valence-electron chi connectivity index (χ0n) is 17.7. The predicted molar refractivity (Wildman–Crippen MR) is 113 cm³/mol. The highest BCUT2D eigenvalue weighted by Crippen LogP contribution is 2.28. The highest BCUT2D eigenvalue weighted by molar-refractivity contribution is 7.89. The number of aromatic nitrogens is 1. The molecule has 0 radical (unpaired) electrons. The van der Waals surface area contributed by atoms with E-state index in [0.717, 1.165) is 11.1 Å². The molecule has 3 rings (SSSR count). The number of nitrogens with zero attached hydrogens (tertiary/aromatic N) is 2. The summed E-state index contributed by atoms with van der Waals surface area (Å²) in [4.78, 5) is 28.3. The van der Waals surface area contributed by atoms with Gasteiger partial charge in [0, 0.05) is 25.5 Å². The number of amides is 2. The number of sulfonamides is 1. The molecule has 2 N–H and O–H groups in total. The summed E-state index contributed by atoms with van der Waals surface area (Å²) in [5, 5.41) is 4.95. The Morgan fingerprint density at radius 2 is 1.84 bits per heavy atom. The molecule has 1 unspecified atom stereocenters. The van der Waals surface area contributed by atoms with Crippen molar-refractivity contribution in [3.05, 3.63) is 58.9 Å². The van der Waals surface area contributed by atoms with Crippen LogP contribution in [0.4, 0.5) is 0 Å². The molecule has 0 aliphatic carbocycles. The molecule has 0 saturated carbocycles. The Morgan fingerprint density at radius 1 is 1.16 bits per heavy atom. The first-order valence-corrected chi connectivity index (χ1v) is 11.3. The van der Waals surface area contributed by atoms with Crippen LogP contribution in [0, 0.1) is 20.8 Å². The quantitative estimate of drug-likeness (QED) is 0.634. The lowest BCUT2D eigenvalue weighted by molar-refractivity contribution is -0.139.